The zero-order valence-electron chi connectivity index (χ0n) is 12.8. The van der Waals surface area contributed by atoms with Crippen LogP contribution in [0.4, 0.5) is 5.13 Å². The summed E-state index contributed by atoms with van der Waals surface area (Å²) in [5.74, 6) is 0.685. The molecular weight excluding hydrogens is 292 g/mol. The van der Waals surface area contributed by atoms with Gasteiger partial charge in [-0.05, 0) is 24.3 Å². The summed E-state index contributed by atoms with van der Waals surface area (Å²) in [5.41, 5.74) is 1.27. The van der Waals surface area contributed by atoms with Crippen molar-refractivity contribution in [2.45, 2.75) is 44.9 Å². The number of nitrogens with zero attached hydrogens (tertiary/aromatic N) is 1. The van der Waals surface area contributed by atoms with Crippen molar-refractivity contribution in [3.8, 4) is 0 Å². The number of anilines is 1. The molecule has 0 saturated heterocycles. The van der Waals surface area contributed by atoms with E-state index in [2.05, 4.69) is 22.4 Å². The molecule has 0 spiro atoms. The summed E-state index contributed by atoms with van der Waals surface area (Å²) in [5, 5.41) is 3.69. The Morgan fingerprint density at radius 1 is 1.18 bits per heavy atom. The van der Waals surface area contributed by atoms with Gasteiger partial charge in [0.15, 0.2) is 5.13 Å². The third-order valence-corrected chi connectivity index (χ3v) is 5.13. The molecule has 0 bridgehead atoms. The summed E-state index contributed by atoms with van der Waals surface area (Å²) in [7, 11) is 0. The van der Waals surface area contributed by atoms with Crippen LogP contribution in [-0.2, 0) is 11.2 Å². The lowest BCUT2D eigenvalue weighted by molar-refractivity contribution is -0.117. The van der Waals surface area contributed by atoms with Gasteiger partial charge in [-0.3, -0.25) is 4.79 Å². The first kappa shape index (κ1) is 15.2. The Kier molecular flexibility index (Phi) is 5.22. The summed E-state index contributed by atoms with van der Waals surface area (Å²) >= 11 is 1.58. The molecule has 0 atom stereocenters. The monoisotopic (exact) mass is 314 g/mol. The van der Waals surface area contributed by atoms with E-state index in [9.17, 15) is 4.79 Å². The number of rotatable bonds is 5. The molecule has 1 aromatic heterocycles. The maximum absolute atomic E-state index is 12.1. The maximum atomic E-state index is 12.1. The number of nitrogens with one attached hydrogen (secondary N) is 1. The molecule has 1 aliphatic rings. The molecule has 1 N–H and O–H groups in total. The van der Waals surface area contributed by atoms with Gasteiger partial charge in [-0.25, -0.2) is 4.98 Å². The minimum absolute atomic E-state index is 0.118. The number of carbonyl (C=O) groups is 1. The predicted molar refractivity (Wildman–Crippen MR) is 91.2 cm³/mol. The van der Waals surface area contributed by atoms with E-state index in [0.29, 0.717) is 12.3 Å². The highest BCUT2D eigenvalue weighted by Gasteiger charge is 2.17. The third-order valence-electron chi connectivity index (χ3n) is 4.22. The molecule has 0 unspecified atom stereocenters. The fourth-order valence-electron chi connectivity index (χ4n) is 3.07. The smallest absolute Gasteiger partial charge is 0.226 e. The van der Waals surface area contributed by atoms with E-state index in [-0.39, 0.29) is 5.91 Å². The van der Waals surface area contributed by atoms with Crippen molar-refractivity contribution < 1.29 is 4.79 Å². The van der Waals surface area contributed by atoms with E-state index in [1.165, 1.54) is 42.5 Å². The van der Waals surface area contributed by atoms with Crippen molar-refractivity contribution >= 4 is 22.4 Å². The van der Waals surface area contributed by atoms with E-state index in [1.54, 1.807) is 11.3 Å². The van der Waals surface area contributed by atoms with Gasteiger partial charge in [0.1, 0.15) is 0 Å². The van der Waals surface area contributed by atoms with Crippen LogP contribution in [0, 0.1) is 5.92 Å². The highest BCUT2D eigenvalue weighted by atomic mass is 32.1. The Morgan fingerprint density at radius 2 is 1.95 bits per heavy atom. The van der Waals surface area contributed by atoms with E-state index >= 15 is 0 Å². The molecule has 4 heteroatoms. The van der Waals surface area contributed by atoms with Crippen molar-refractivity contribution in [1.29, 1.82) is 0 Å². The number of thiazole rings is 1. The molecule has 1 heterocycles. The zero-order chi connectivity index (χ0) is 15.2. The molecule has 1 aromatic carbocycles. The van der Waals surface area contributed by atoms with E-state index in [4.69, 9.17) is 0 Å². The molecule has 1 aliphatic carbocycles. The van der Waals surface area contributed by atoms with Gasteiger partial charge in [-0.15, -0.1) is 11.3 Å². The molecule has 0 aliphatic heterocycles. The lowest BCUT2D eigenvalue weighted by Gasteiger charge is -2.20. The van der Waals surface area contributed by atoms with Gasteiger partial charge < -0.3 is 5.32 Å². The number of hydrogen-bond acceptors (Lipinski definition) is 3. The number of aromatic nitrogens is 1. The second-order valence-electron chi connectivity index (χ2n) is 6.05. The van der Waals surface area contributed by atoms with Crippen LogP contribution in [0.3, 0.4) is 0 Å². The Balaban J connectivity index is 1.51. The van der Waals surface area contributed by atoms with Crippen LogP contribution >= 0.6 is 11.3 Å². The summed E-state index contributed by atoms with van der Waals surface area (Å²) in [4.78, 5) is 17.6. The fourth-order valence-corrected chi connectivity index (χ4v) is 3.93. The van der Waals surface area contributed by atoms with Crippen molar-refractivity contribution in [2.24, 2.45) is 5.92 Å². The molecule has 22 heavy (non-hydrogen) atoms. The van der Waals surface area contributed by atoms with Crippen molar-refractivity contribution in [2.75, 3.05) is 5.32 Å². The van der Waals surface area contributed by atoms with Gasteiger partial charge in [-0.2, -0.15) is 0 Å². The van der Waals surface area contributed by atoms with Gasteiger partial charge in [0, 0.05) is 23.9 Å². The zero-order valence-corrected chi connectivity index (χ0v) is 13.6. The summed E-state index contributed by atoms with van der Waals surface area (Å²) in [6.07, 6.45) is 9.66. The molecule has 0 radical (unpaired) electrons. The second-order valence-corrected chi connectivity index (χ2v) is 7.17. The molecule has 1 amide bonds. The largest absolute Gasteiger partial charge is 0.302 e. The lowest BCUT2D eigenvalue weighted by Crippen LogP contribution is -2.18. The minimum Gasteiger partial charge on any atom is -0.302 e. The SMILES string of the molecule is O=C(CC1CCCCC1)Nc1ncc(Cc2ccccc2)s1. The highest BCUT2D eigenvalue weighted by Crippen LogP contribution is 2.27. The van der Waals surface area contributed by atoms with Gasteiger partial charge in [0.2, 0.25) is 5.91 Å². The predicted octanol–water partition coefficient (Wildman–Crippen LogP) is 4.64. The summed E-state index contributed by atoms with van der Waals surface area (Å²) in [6, 6.07) is 10.3. The Bertz CT molecular complexity index is 603. The number of amides is 1. The highest BCUT2D eigenvalue weighted by molar-refractivity contribution is 7.15. The topological polar surface area (TPSA) is 42.0 Å². The van der Waals surface area contributed by atoms with Crippen molar-refractivity contribution in [1.82, 2.24) is 4.98 Å². The van der Waals surface area contributed by atoms with Gasteiger partial charge in [0.05, 0.1) is 0 Å². The first-order chi connectivity index (χ1) is 10.8. The van der Waals surface area contributed by atoms with E-state index in [0.717, 1.165) is 11.6 Å². The van der Waals surface area contributed by atoms with Crippen LogP contribution in [0.5, 0.6) is 0 Å². The maximum Gasteiger partial charge on any atom is 0.226 e. The molecule has 116 valence electrons. The average Bonchev–Trinajstić information content (AvgIpc) is 2.96. The first-order valence-electron chi connectivity index (χ1n) is 8.08. The molecule has 1 fully saturated rings. The lowest BCUT2D eigenvalue weighted by atomic mass is 9.87. The second kappa shape index (κ2) is 7.54. The van der Waals surface area contributed by atoms with Crippen LogP contribution < -0.4 is 5.32 Å². The fraction of sp³-hybridized carbons (Fsp3) is 0.444. The van der Waals surface area contributed by atoms with Gasteiger partial charge >= 0.3 is 0 Å². The van der Waals surface area contributed by atoms with E-state index in [1.807, 2.05) is 24.4 Å². The standard InChI is InChI=1S/C18H22N2OS/c21-17(12-15-9-5-2-6-10-15)20-18-19-13-16(22-18)11-14-7-3-1-4-8-14/h1,3-4,7-8,13,15H,2,5-6,9-12H2,(H,19,20,21). The van der Waals surface area contributed by atoms with Gasteiger partial charge in [-0.1, -0.05) is 49.6 Å². The van der Waals surface area contributed by atoms with Crippen LogP contribution in [0.2, 0.25) is 0 Å². The van der Waals surface area contributed by atoms with E-state index < -0.39 is 0 Å². The quantitative estimate of drug-likeness (QED) is 0.873. The Morgan fingerprint density at radius 3 is 2.73 bits per heavy atom. The molecule has 2 aromatic rings. The average molecular weight is 314 g/mol. The Labute approximate surface area is 135 Å². The third kappa shape index (κ3) is 4.41. The van der Waals surface area contributed by atoms with Crippen LogP contribution in [0.1, 0.15) is 49.0 Å². The number of hydrogen-bond donors (Lipinski definition) is 1. The number of benzene rings is 1. The molecule has 1 saturated carbocycles. The summed E-state index contributed by atoms with van der Waals surface area (Å²) in [6.45, 7) is 0. The van der Waals surface area contributed by atoms with Crippen LogP contribution in [0.15, 0.2) is 36.5 Å². The summed E-state index contributed by atoms with van der Waals surface area (Å²) < 4.78 is 0. The number of carbonyl (C=O) groups excluding carboxylic acids is 1. The molecule has 3 rings (SSSR count). The Hall–Kier alpha value is -1.68. The first-order valence-corrected chi connectivity index (χ1v) is 8.90. The van der Waals surface area contributed by atoms with Crippen molar-refractivity contribution in [3.63, 3.8) is 0 Å². The normalized spacial score (nSPS) is 15.6. The molecular formula is C18H22N2OS. The molecule has 3 nitrogen and oxygen atoms in total. The van der Waals surface area contributed by atoms with Crippen LogP contribution in [0.25, 0.3) is 0 Å². The van der Waals surface area contributed by atoms with Crippen molar-refractivity contribution in [3.05, 3.63) is 47.0 Å². The van der Waals surface area contributed by atoms with Gasteiger partial charge in [0.25, 0.3) is 0 Å². The van der Waals surface area contributed by atoms with Crippen LogP contribution in [-0.4, -0.2) is 10.9 Å². The minimum atomic E-state index is 0.118.